The molecule has 2 amide bonds. The highest BCUT2D eigenvalue weighted by Crippen LogP contribution is 2.21. The lowest BCUT2D eigenvalue weighted by molar-refractivity contribution is -0.113. The van der Waals surface area contributed by atoms with Gasteiger partial charge in [-0.25, -0.2) is 9.07 Å². The van der Waals surface area contributed by atoms with E-state index in [-0.39, 0.29) is 40.9 Å². The van der Waals surface area contributed by atoms with Gasteiger partial charge in [-0.1, -0.05) is 54.2 Å². The molecule has 1 aromatic heterocycles. The van der Waals surface area contributed by atoms with E-state index in [1.807, 2.05) is 18.2 Å². The molecule has 4 N–H and O–H groups in total. The van der Waals surface area contributed by atoms with Gasteiger partial charge in [-0.15, -0.1) is 10.2 Å². The number of nitrogens with one attached hydrogen (secondary N) is 2. The number of nitrogen functional groups attached to an aromatic ring is 1. The Balaban J connectivity index is 1.34. The van der Waals surface area contributed by atoms with E-state index in [2.05, 4.69) is 20.8 Å². The minimum absolute atomic E-state index is 0.0296. The maximum atomic E-state index is 13.7. The van der Waals surface area contributed by atoms with Crippen molar-refractivity contribution in [2.45, 2.75) is 11.8 Å². The number of hydrogen-bond donors (Lipinski definition) is 3. The van der Waals surface area contributed by atoms with Gasteiger partial charge in [-0.05, 0) is 36.4 Å². The number of rotatable bonds is 9. The number of carbonyl (C=O) groups is 2. The number of aromatic nitrogens is 3. The largest absolute Gasteiger partial charge is 0.482 e. The van der Waals surface area contributed by atoms with E-state index in [9.17, 15) is 14.0 Å². The quantitative estimate of drug-likeness (QED) is 0.240. The number of para-hydroxylation sites is 3. The summed E-state index contributed by atoms with van der Waals surface area (Å²) in [4.78, 5) is 25.2. The number of halogens is 1. The van der Waals surface area contributed by atoms with Crippen LogP contribution < -0.4 is 21.2 Å². The second-order valence-corrected chi connectivity index (χ2v) is 8.13. The van der Waals surface area contributed by atoms with Crippen LogP contribution in [0.5, 0.6) is 5.75 Å². The summed E-state index contributed by atoms with van der Waals surface area (Å²) in [5, 5.41) is 13.7. The second-order valence-electron chi connectivity index (χ2n) is 7.19. The molecule has 4 rings (SSSR count). The zero-order valence-corrected chi connectivity index (χ0v) is 19.2. The van der Waals surface area contributed by atoms with Crippen LogP contribution >= 0.6 is 11.8 Å². The summed E-state index contributed by atoms with van der Waals surface area (Å²) < 4.78 is 20.3. The minimum atomic E-state index is -0.500. The lowest BCUT2D eigenvalue weighted by Crippen LogP contribution is -2.20. The molecule has 11 heteroatoms. The van der Waals surface area contributed by atoms with E-state index in [1.54, 1.807) is 48.5 Å². The number of anilines is 2. The number of thioether (sulfide) groups is 1. The van der Waals surface area contributed by atoms with Crippen LogP contribution in [0.1, 0.15) is 16.2 Å². The summed E-state index contributed by atoms with van der Waals surface area (Å²) in [5.74, 6) is 5.09. The molecule has 1 heterocycles. The first-order chi connectivity index (χ1) is 17.0. The van der Waals surface area contributed by atoms with Gasteiger partial charge in [0.1, 0.15) is 6.61 Å². The van der Waals surface area contributed by atoms with Crippen LogP contribution in [0.25, 0.3) is 0 Å². The third kappa shape index (κ3) is 6.15. The maximum absolute atomic E-state index is 13.7. The molecule has 0 spiro atoms. The van der Waals surface area contributed by atoms with Crippen LogP contribution in [-0.4, -0.2) is 32.4 Å². The van der Waals surface area contributed by atoms with Crippen molar-refractivity contribution in [2.24, 2.45) is 0 Å². The van der Waals surface area contributed by atoms with Crippen LogP contribution in [0.2, 0.25) is 0 Å². The predicted octanol–water partition coefficient (Wildman–Crippen LogP) is 3.69. The van der Waals surface area contributed by atoms with Crippen LogP contribution in [0.3, 0.4) is 0 Å². The van der Waals surface area contributed by atoms with Gasteiger partial charge in [0, 0.05) is 5.69 Å². The van der Waals surface area contributed by atoms with Crippen LogP contribution in [-0.2, 0) is 11.4 Å². The first-order valence-electron chi connectivity index (χ1n) is 10.5. The number of hydrogen-bond acceptors (Lipinski definition) is 7. The predicted molar refractivity (Wildman–Crippen MR) is 131 cm³/mol. The fraction of sp³-hybridized carbons (Fsp3) is 0.0833. The SMILES string of the molecule is Nn1c(COc2ccccc2F)nnc1SCC(=O)Nc1ccccc1C(=O)Nc1ccccc1. The summed E-state index contributed by atoms with van der Waals surface area (Å²) in [5.41, 5.74) is 1.34. The molecule has 178 valence electrons. The highest BCUT2D eigenvalue weighted by Gasteiger charge is 2.16. The van der Waals surface area contributed by atoms with Crippen LogP contribution in [0, 0.1) is 5.82 Å². The molecule has 35 heavy (non-hydrogen) atoms. The summed E-state index contributed by atoms with van der Waals surface area (Å²) in [6.07, 6.45) is 0. The molecule has 0 aliphatic rings. The number of nitrogens with zero attached hydrogens (tertiary/aromatic N) is 3. The number of carbonyl (C=O) groups excluding carboxylic acids is 2. The molecular weight excluding hydrogens is 471 g/mol. The number of benzene rings is 3. The van der Waals surface area contributed by atoms with Crippen molar-refractivity contribution in [2.75, 3.05) is 22.2 Å². The van der Waals surface area contributed by atoms with Gasteiger partial charge in [0.15, 0.2) is 17.4 Å². The van der Waals surface area contributed by atoms with Crippen molar-refractivity contribution >= 4 is 35.0 Å². The summed E-state index contributed by atoms with van der Waals surface area (Å²) in [7, 11) is 0. The molecule has 9 nitrogen and oxygen atoms in total. The third-order valence-electron chi connectivity index (χ3n) is 4.74. The summed E-state index contributed by atoms with van der Waals surface area (Å²) in [6, 6.07) is 21.7. The Kier molecular flexibility index (Phi) is 7.58. The third-order valence-corrected chi connectivity index (χ3v) is 5.68. The van der Waals surface area contributed by atoms with E-state index < -0.39 is 5.82 Å². The average Bonchev–Trinajstić information content (AvgIpc) is 3.22. The van der Waals surface area contributed by atoms with Gasteiger partial charge in [0.05, 0.1) is 17.0 Å². The van der Waals surface area contributed by atoms with Crippen LogP contribution in [0.15, 0.2) is 84.0 Å². The topological polar surface area (TPSA) is 124 Å². The van der Waals surface area contributed by atoms with E-state index in [0.717, 1.165) is 11.8 Å². The van der Waals surface area contributed by atoms with Crippen molar-refractivity contribution in [1.29, 1.82) is 0 Å². The zero-order valence-electron chi connectivity index (χ0n) is 18.3. The normalized spacial score (nSPS) is 10.5. The molecule has 3 aromatic carbocycles. The number of ether oxygens (including phenoxy) is 1. The highest BCUT2D eigenvalue weighted by atomic mass is 32.2. The maximum Gasteiger partial charge on any atom is 0.257 e. The van der Waals surface area contributed by atoms with Crippen molar-refractivity contribution in [3.05, 3.63) is 96.1 Å². The van der Waals surface area contributed by atoms with Gasteiger partial charge in [-0.2, -0.15) is 0 Å². The van der Waals surface area contributed by atoms with Crippen molar-refractivity contribution in [3.63, 3.8) is 0 Å². The Morgan fingerprint density at radius 1 is 0.943 bits per heavy atom. The fourth-order valence-electron chi connectivity index (χ4n) is 3.03. The van der Waals surface area contributed by atoms with Gasteiger partial charge >= 0.3 is 0 Å². The second kappa shape index (κ2) is 11.2. The Bertz CT molecular complexity index is 1330. The summed E-state index contributed by atoms with van der Waals surface area (Å²) >= 11 is 1.06. The van der Waals surface area contributed by atoms with Gasteiger partial charge in [-0.3, -0.25) is 9.59 Å². The van der Waals surface area contributed by atoms with Crippen molar-refractivity contribution < 1.29 is 18.7 Å². The van der Waals surface area contributed by atoms with E-state index in [0.29, 0.717) is 16.9 Å². The average molecular weight is 493 g/mol. The molecule has 0 aliphatic carbocycles. The zero-order chi connectivity index (χ0) is 24.6. The van der Waals surface area contributed by atoms with Crippen molar-refractivity contribution in [3.8, 4) is 5.75 Å². The molecule has 0 bridgehead atoms. The molecule has 0 radical (unpaired) electrons. The van der Waals surface area contributed by atoms with E-state index in [4.69, 9.17) is 10.6 Å². The first kappa shape index (κ1) is 23.8. The monoisotopic (exact) mass is 492 g/mol. The molecule has 0 unspecified atom stereocenters. The molecule has 0 saturated carbocycles. The molecule has 0 fully saturated rings. The van der Waals surface area contributed by atoms with Gasteiger partial charge in [0.2, 0.25) is 11.1 Å². The van der Waals surface area contributed by atoms with E-state index >= 15 is 0 Å². The molecule has 0 aliphatic heterocycles. The lowest BCUT2D eigenvalue weighted by atomic mass is 10.1. The highest BCUT2D eigenvalue weighted by molar-refractivity contribution is 7.99. The van der Waals surface area contributed by atoms with E-state index in [1.165, 1.54) is 16.8 Å². The number of nitrogens with two attached hydrogens (primary N) is 1. The Morgan fingerprint density at radius 3 is 2.46 bits per heavy atom. The summed E-state index contributed by atoms with van der Waals surface area (Å²) in [6.45, 7) is -0.0961. The Hall–Kier alpha value is -4.38. The fourth-order valence-corrected chi connectivity index (χ4v) is 3.71. The Labute approximate surface area is 204 Å². The lowest BCUT2D eigenvalue weighted by Gasteiger charge is -2.11. The molecular formula is C24H21FN6O3S. The molecule has 4 aromatic rings. The van der Waals surface area contributed by atoms with Gasteiger partial charge < -0.3 is 21.2 Å². The first-order valence-corrected chi connectivity index (χ1v) is 11.4. The minimum Gasteiger partial charge on any atom is -0.482 e. The smallest absolute Gasteiger partial charge is 0.257 e. The molecule has 0 atom stereocenters. The number of amides is 2. The molecule has 0 saturated heterocycles. The van der Waals surface area contributed by atoms with Crippen molar-refractivity contribution in [1.82, 2.24) is 14.9 Å². The Morgan fingerprint density at radius 2 is 1.66 bits per heavy atom. The van der Waals surface area contributed by atoms with Gasteiger partial charge in [0.25, 0.3) is 5.91 Å². The van der Waals surface area contributed by atoms with Crippen LogP contribution in [0.4, 0.5) is 15.8 Å². The standard InChI is InChI=1S/C24H21FN6O3S/c25-18-11-5-7-13-20(18)34-14-21-29-30-24(31(21)26)35-15-22(32)28-19-12-6-4-10-17(19)23(33)27-16-8-2-1-3-9-16/h1-13H,14-15,26H2,(H,27,33)(H,28,32).